The first-order valence-electron chi connectivity index (χ1n) is 7.37. The van der Waals surface area contributed by atoms with Crippen molar-refractivity contribution in [2.45, 2.75) is 45.1 Å². The summed E-state index contributed by atoms with van der Waals surface area (Å²) < 4.78 is 6.82. The van der Waals surface area contributed by atoms with E-state index in [-0.39, 0.29) is 0 Å². The van der Waals surface area contributed by atoms with Crippen LogP contribution in [0.5, 0.6) is 5.75 Å². The second-order valence-corrected chi connectivity index (χ2v) is 6.40. The monoisotopic (exact) mass is 325 g/mol. The number of rotatable bonds is 5. The molecule has 19 heavy (non-hydrogen) atoms. The molecule has 1 saturated carbocycles. The molecule has 1 N–H and O–H groups in total. The quantitative estimate of drug-likeness (QED) is 0.640. The maximum atomic E-state index is 5.75. The van der Waals surface area contributed by atoms with Crippen LogP contribution < -0.4 is 10.1 Å². The highest BCUT2D eigenvalue weighted by Gasteiger charge is 2.18. The zero-order chi connectivity index (χ0) is 13.5. The zero-order valence-corrected chi connectivity index (χ0v) is 13.3. The third kappa shape index (κ3) is 5.15. The van der Waals surface area contributed by atoms with Gasteiger partial charge in [0, 0.05) is 17.1 Å². The van der Waals surface area contributed by atoms with Crippen LogP contribution in [-0.2, 0) is 0 Å². The number of hydrogen-bond donors (Lipinski definition) is 1. The highest BCUT2D eigenvalue weighted by Crippen LogP contribution is 2.22. The molecule has 1 aliphatic rings. The summed E-state index contributed by atoms with van der Waals surface area (Å²) in [5, 5.41) is 3.66. The van der Waals surface area contributed by atoms with E-state index >= 15 is 0 Å². The Morgan fingerprint density at radius 2 is 2.11 bits per heavy atom. The van der Waals surface area contributed by atoms with Gasteiger partial charge in [0.1, 0.15) is 12.4 Å². The van der Waals surface area contributed by atoms with Crippen molar-refractivity contribution in [2.75, 3.05) is 13.2 Å². The van der Waals surface area contributed by atoms with Crippen molar-refractivity contribution in [2.24, 2.45) is 5.92 Å². The van der Waals surface area contributed by atoms with Gasteiger partial charge >= 0.3 is 0 Å². The minimum Gasteiger partial charge on any atom is -0.492 e. The number of nitrogens with one attached hydrogen (secondary N) is 1. The van der Waals surface area contributed by atoms with E-state index < -0.39 is 0 Å². The summed E-state index contributed by atoms with van der Waals surface area (Å²) in [6, 6.07) is 8.69. The summed E-state index contributed by atoms with van der Waals surface area (Å²) in [6.45, 7) is 4.04. The summed E-state index contributed by atoms with van der Waals surface area (Å²) in [5.41, 5.74) is 0. The molecule has 2 unspecified atom stereocenters. The van der Waals surface area contributed by atoms with Crippen LogP contribution in [0.2, 0.25) is 0 Å². The molecule has 1 aromatic rings. The first kappa shape index (κ1) is 14.9. The molecule has 0 bridgehead atoms. The van der Waals surface area contributed by atoms with Gasteiger partial charge in [0.15, 0.2) is 0 Å². The Morgan fingerprint density at radius 1 is 1.26 bits per heavy atom. The van der Waals surface area contributed by atoms with Crippen LogP contribution in [0.4, 0.5) is 0 Å². The van der Waals surface area contributed by atoms with Crippen molar-refractivity contribution in [3.63, 3.8) is 0 Å². The summed E-state index contributed by atoms with van der Waals surface area (Å²) in [7, 11) is 0. The van der Waals surface area contributed by atoms with E-state index in [1.165, 1.54) is 32.1 Å². The SMILES string of the molecule is CC1CCCCCC1NCCOc1cccc(Br)c1. The molecule has 2 nitrogen and oxygen atoms in total. The molecule has 1 aromatic carbocycles. The Kier molecular flexibility index (Phi) is 6.18. The van der Waals surface area contributed by atoms with Gasteiger partial charge < -0.3 is 10.1 Å². The van der Waals surface area contributed by atoms with Crippen LogP contribution in [-0.4, -0.2) is 19.2 Å². The lowest BCUT2D eigenvalue weighted by atomic mass is 9.97. The van der Waals surface area contributed by atoms with E-state index in [9.17, 15) is 0 Å². The van der Waals surface area contributed by atoms with E-state index in [1.807, 2.05) is 24.3 Å². The molecule has 0 heterocycles. The Morgan fingerprint density at radius 3 is 2.95 bits per heavy atom. The molecule has 2 atom stereocenters. The lowest BCUT2D eigenvalue weighted by Gasteiger charge is -2.22. The van der Waals surface area contributed by atoms with E-state index in [0.29, 0.717) is 6.04 Å². The van der Waals surface area contributed by atoms with E-state index in [4.69, 9.17) is 4.74 Å². The Labute approximate surface area is 125 Å². The van der Waals surface area contributed by atoms with Crippen molar-refractivity contribution in [3.05, 3.63) is 28.7 Å². The Hall–Kier alpha value is -0.540. The van der Waals surface area contributed by atoms with E-state index in [2.05, 4.69) is 28.2 Å². The minimum absolute atomic E-state index is 0.675. The van der Waals surface area contributed by atoms with Crippen LogP contribution in [0, 0.1) is 5.92 Å². The summed E-state index contributed by atoms with van der Waals surface area (Å²) in [4.78, 5) is 0. The molecule has 0 spiro atoms. The zero-order valence-electron chi connectivity index (χ0n) is 11.7. The fraction of sp³-hybridized carbons (Fsp3) is 0.625. The lowest BCUT2D eigenvalue weighted by molar-refractivity contribution is 0.283. The molecule has 1 aliphatic carbocycles. The molecule has 0 aliphatic heterocycles. The van der Waals surface area contributed by atoms with Crippen molar-refractivity contribution >= 4 is 15.9 Å². The molecule has 0 radical (unpaired) electrons. The molecular formula is C16H24BrNO. The molecule has 2 rings (SSSR count). The first-order valence-corrected chi connectivity index (χ1v) is 8.17. The normalized spacial score (nSPS) is 23.9. The lowest BCUT2D eigenvalue weighted by Crippen LogP contribution is -2.36. The first-order chi connectivity index (χ1) is 9.25. The molecule has 106 valence electrons. The third-order valence-electron chi connectivity index (χ3n) is 3.93. The molecular weight excluding hydrogens is 302 g/mol. The summed E-state index contributed by atoms with van der Waals surface area (Å²) in [5.74, 6) is 1.73. The van der Waals surface area contributed by atoms with Crippen molar-refractivity contribution in [3.8, 4) is 5.75 Å². The second-order valence-electron chi connectivity index (χ2n) is 5.48. The van der Waals surface area contributed by atoms with Crippen molar-refractivity contribution < 1.29 is 4.74 Å². The largest absolute Gasteiger partial charge is 0.492 e. The van der Waals surface area contributed by atoms with Gasteiger partial charge in [-0.1, -0.05) is 48.2 Å². The van der Waals surface area contributed by atoms with Crippen LogP contribution in [0.1, 0.15) is 39.0 Å². The third-order valence-corrected chi connectivity index (χ3v) is 4.43. The average molecular weight is 326 g/mol. The molecule has 0 amide bonds. The van der Waals surface area contributed by atoms with Gasteiger partial charge in [0.2, 0.25) is 0 Å². The predicted molar refractivity (Wildman–Crippen MR) is 83.7 cm³/mol. The second kappa shape index (κ2) is 7.91. The van der Waals surface area contributed by atoms with Gasteiger partial charge in [0.25, 0.3) is 0 Å². The maximum Gasteiger partial charge on any atom is 0.120 e. The number of ether oxygens (including phenoxy) is 1. The van der Waals surface area contributed by atoms with Crippen LogP contribution in [0.25, 0.3) is 0 Å². The van der Waals surface area contributed by atoms with Gasteiger partial charge in [0.05, 0.1) is 0 Å². The number of halogens is 1. The Balaban J connectivity index is 1.68. The smallest absolute Gasteiger partial charge is 0.120 e. The van der Waals surface area contributed by atoms with Crippen LogP contribution in [0.15, 0.2) is 28.7 Å². The highest BCUT2D eigenvalue weighted by molar-refractivity contribution is 9.10. The molecule has 3 heteroatoms. The van der Waals surface area contributed by atoms with Gasteiger partial charge in [-0.05, 0) is 37.0 Å². The Bertz CT molecular complexity index is 383. The van der Waals surface area contributed by atoms with Gasteiger partial charge in [-0.25, -0.2) is 0 Å². The number of benzene rings is 1. The summed E-state index contributed by atoms with van der Waals surface area (Å²) in [6.07, 6.45) is 6.85. The van der Waals surface area contributed by atoms with E-state index in [1.54, 1.807) is 0 Å². The van der Waals surface area contributed by atoms with Crippen LogP contribution in [0.3, 0.4) is 0 Å². The van der Waals surface area contributed by atoms with Crippen LogP contribution >= 0.6 is 15.9 Å². The molecule has 0 aromatic heterocycles. The van der Waals surface area contributed by atoms with Gasteiger partial charge in [-0.15, -0.1) is 0 Å². The molecule has 0 saturated heterocycles. The number of hydrogen-bond acceptors (Lipinski definition) is 2. The fourth-order valence-corrected chi connectivity index (χ4v) is 3.14. The minimum atomic E-state index is 0.675. The topological polar surface area (TPSA) is 21.3 Å². The predicted octanol–water partition coefficient (Wildman–Crippen LogP) is 4.39. The van der Waals surface area contributed by atoms with E-state index in [0.717, 1.165) is 29.3 Å². The molecule has 1 fully saturated rings. The maximum absolute atomic E-state index is 5.75. The summed E-state index contributed by atoms with van der Waals surface area (Å²) >= 11 is 3.45. The van der Waals surface area contributed by atoms with Crippen molar-refractivity contribution in [1.82, 2.24) is 5.32 Å². The fourth-order valence-electron chi connectivity index (χ4n) is 2.77. The standard InChI is InChI=1S/C16H24BrNO/c1-13-6-3-2-4-9-16(13)18-10-11-19-15-8-5-7-14(17)12-15/h5,7-8,12-13,16,18H,2-4,6,9-11H2,1H3. The van der Waals surface area contributed by atoms with Gasteiger partial charge in [-0.3, -0.25) is 0 Å². The average Bonchev–Trinajstić information content (AvgIpc) is 2.60. The van der Waals surface area contributed by atoms with Gasteiger partial charge in [-0.2, -0.15) is 0 Å². The van der Waals surface area contributed by atoms with Crippen molar-refractivity contribution in [1.29, 1.82) is 0 Å². The highest BCUT2D eigenvalue weighted by atomic mass is 79.9.